The summed E-state index contributed by atoms with van der Waals surface area (Å²) in [4.78, 5) is 24.0. The van der Waals surface area contributed by atoms with Gasteiger partial charge in [-0.15, -0.1) is 0 Å². The number of rotatable bonds is 5. The molecule has 0 aromatic heterocycles. The summed E-state index contributed by atoms with van der Waals surface area (Å²) in [6.45, 7) is 7.11. The fraction of sp³-hybridized carbons (Fsp3) is 0.875. The molecule has 0 aromatic rings. The van der Waals surface area contributed by atoms with E-state index >= 15 is 0 Å². The van der Waals surface area contributed by atoms with Gasteiger partial charge in [0.05, 0.1) is 12.7 Å². The summed E-state index contributed by atoms with van der Waals surface area (Å²) in [5.41, 5.74) is -0.668. The van der Waals surface area contributed by atoms with E-state index in [9.17, 15) is 14.7 Å². The third kappa shape index (κ3) is 6.22. The maximum absolute atomic E-state index is 12.1. The van der Waals surface area contributed by atoms with Gasteiger partial charge in [-0.2, -0.15) is 0 Å². The Morgan fingerprint density at radius 3 is 2.32 bits per heavy atom. The van der Waals surface area contributed by atoms with Crippen molar-refractivity contribution in [2.24, 2.45) is 5.92 Å². The number of ether oxygens (including phenoxy) is 2. The average Bonchev–Trinajstić information content (AvgIpc) is 2.43. The van der Waals surface area contributed by atoms with Crippen molar-refractivity contribution in [3.05, 3.63) is 0 Å². The largest absolute Gasteiger partial charge is 0.464 e. The van der Waals surface area contributed by atoms with Crippen LogP contribution in [0.4, 0.5) is 4.79 Å². The number of hydrogen-bond acceptors (Lipinski definition) is 5. The lowest BCUT2D eigenvalue weighted by atomic mass is 9.82. The van der Waals surface area contributed by atoms with Crippen LogP contribution in [0, 0.1) is 5.92 Å². The highest BCUT2D eigenvalue weighted by Gasteiger charge is 2.36. The third-order valence-corrected chi connectivity index (χ3v) is 3.69. The van der Waals surface area contributed by atoms with Gasteiger partial charge in [-0.25, -0.2) is 9.59 Å². The third-order valence-electron chi connectivity index (χ3n) is 3.69. The second-order valence-corrected chi connectivity index (χ2v) is 6.76. The lowest BCUT2D eigenvalue weighted by Gasteiger charge is -2.32. The van der Waals surface area contributed by atoms with Gasteiger partial charge in [-0.05, 0) is 46.5 Å². The minimum atomic E-state index is -1.09. The molecule has 1 amide bonds. The van der Waals surface area contributed by atoms with Crippen molar-refractivity contribution in [3.63, 3.8) is 0 Å². The van der Waals surface area contributed by atoms with E-state index in [1.54, 1.807) is 27.7 Å². The van der Waals surface area contributed by atoms with Gasteiger partial charge >= 0.3 is 12.1 Å². The summed E-state index contributed by atoms with van der Waals surface area (Å²) in [6, 6.07) is -1.09. The van der Waals surface area contributed by atoms with Crippen LogP contribution in [-0.4, -0.2) is 41.5 Å². The summed E-state index contributed by atoms with van der Waals surface area (Å²) in [7, 11) is 0. The van der Waals surface area contributed by atoms with Crippen molar-refractivity contribution >= 4 is 12.1 Å². The van der Waals surface area contributed by atoms with Crippen LogP contribution < -0.4 is 5.32 Å². The van der Waals surface area contributed by atoms with E-state index in [4.69, 9.17) is 9.47 Å². The van der Waals surface area contributed by atoms with Gasteiger partial charge in [-0.3, -0.25) is 0 Å². The maximum atomic E-state index is 12.1. The zero-order chi connectivity index (χ0) is 16.8. The molecule has 2 atom stereocenters. The Morgan fingerprint density at radius 1 is 1.23 bits per heavy atom. The molecule has 0 bridgehead atoms. The minimum Gasteiger partial charge on any atom is -0.464 e. The predicted molar refractivity (Wildman–Crippen MR) is 82.4 cm³/mol. The van der Waals surface area contributed by atoms with Crippen molar-refractivity contribution in [2.45, 2.75) is 77.5 Å². The van der Waals surface area contributed by atoms with Crippen molar-refractivity contribution in [3.8, 4) is 0 Å². The quantitative estimate of drug-likeness (QED) is 0.761. The van der Waals surface area contributed by atoms with Crippen LogP contribution in [-0.2, 0) is 14.3 Å². The minimum absolute atomic E-state index is 0.00177. The number of carbonyl (C=O) groups excluding carboxylic acids is 2. The first kappa shape index (κ1) is 18.7. The molecule has 0 aromatic carbocycles. The molecule has 0 saturated heterocycles. The Hall–Kier alpha value is -1.30. The van der Waals surface area contributed by atoms with Crippen LogP contribution in [0.15, 0.2) is 0 Å². The van der Waals surface area contributed by atoms with Crippen molar-refractivity contribution < 1.29 is 24.2 Å². The van der Waals surface area contributed by atoms with Crippen LogP contribution in [0.1, 0.15) is 59.8 Å². The zero-order valence-electron chi connectivity index (χ0n) is 14.1. The lowest BCUT2D eigenvalue weighted by molar-refractivity contribution is -0.150. The molecule has 0 heterocycles. The Morgan fingerprint density at radius 2 is 1.82 bits per heavy atom. The zero-order valence-corrected chi connectivity index (χ0v) is 14.1. The Kier molecular flexibility index (Phi) is 7.13. The average molecular weight is 315 g/mol. The molecule has 0 radical (unpaired) electrons. The first-order valence-electron chi connectivity index (χ1n) is 8.09. The molecule has 1 rings (SSSR count). The standard InChI is InChI=1S/C16H29NO5/c1-5-21-14(19)12(17-15(20)22-16(2,3)4)13(18)11-9-7-6-8-10-11/h11-13,18H,5-10H2,1-4H3,(H,17,20)/t12-,13-/m1/s1. The number of esters is 1. The SMILES string of the molecule is CCOC(=O)[C@H](NC(=O)OC(C)(C)C)[C@H](O)C1CCCCC1. The Bertz CT molecular complexity index is 371. The molecule has 1 fully saturated rings. The maximum Gasteiger partial charge on any atom is 0.408 e. The lowest BCUT2D eigenvalue weighted by Crippen LogP contribution is -2.53. The molecule has 128 valence electrons. The molecule has 1 saturated carbocycles. The molecule has 0 unspecified atom stereocenters. The van der Waals surface area contributed by atoms with Crippen molar-refractivity contribution in [2.75, 3.05) is 6.61 Å². The summed E-state index contributed by atoms with van der Waals surface area (Å²) >= 11 is 0. The van der Waals surface area contributed by atoms with Crippen LogP contribution in [0.5, 0.6) is 0 Å². The van der Waals surface area contributed by atoms with E-state index in [0.29, 0.717) is 0 Å². The number of alkyl carbamates (subject to hydrolysis) is 1. The van der Waals surface area contributed by atoms with Gasteiger partial charge in [0, 0.05) is 0 Å². The number of hydrogen-bond donors (Lipinski definition) is 2. The number of carbonyl (C=O) groups is 2. The summed E-state index contributed by atoms with van der Waals surface area (Å²) in [5, 5.41) is 13.0. The number of aliphatic hydroxyl groups is 1. The van der Waals surface area contributed by atoms with E-state index in [0.717, 1.165) is 32.1 Å². The summed E-state index contributed by atoms with van der Waals surface area (Å²) in [6.07, 6.45) is 3.24. The summed E-state index contributed by atoms with van der Waals surface area (Å²) < 4.78 is 10.1. The van der Waals surface area contributed by atoms with Crippen LogP contribution in [0.3, 0.4) is 0 Å². The molecule has 1 aliphatic rings. The van der Waals surface area contributed by atoms with Crippen LogP contribution in [0.25, 0.3) is 0 Å². The molecule has 22 heavy (non-hydrogen) atoms. The second kappa shape index (κ2) is 8.36. The number of amides is 1. The van der Waals surface area contributed by atoms with E-state index in [2.05, 4.69) is 5.32 Å². The van der Waals surface area contributed by atoms with Gasteiger partial charge in [-0.1, -0.05) is 19.3 Å². The van der Waals surface area contributed by atoms with Gasteiger partial charge in [0.2, 0.25) is 0 Å². The van der Waals surface area contributed by atoms with E-state index < -0.39 is 29.8 Å². The monoisotopic (exact) mass is 315 g/mol. The molecule has 6 nitrogen and oxygen atoms in total. The molecule has 2 N–H and O–H groups in total. The first-order valence-corrected chi connectivity index (χ1v) is 8.09. The fourth-order valence-corrected chi connectivity index (χ4v) is 2.70. The highest BCUT2D eigenvalue weighted by molar-refractivity contribution is 5.82. The van der Waals surface area contributed by atoms with E-state index in [1.165, 1.54) is 0 Å². The smallest absolute Gasteiger partial charge is 0.408 e. The topological polar surface area (TPSA) is 84.9 Å². The molecule has 0 spiro atoms. The molecular weight excluding hydrogens is 286 g/mol. The Labute approximate surface area is 132 Å². The first-order chi connectivity index (χ1) is 10.2. The molecule has 0 aliphatic heterocycles. The fourth-order valence-electron chi connectivity index (χ4n) is 2.70. The van der Waals surface area contributed by atoms with Gasteiger partial charge in [0.1, 0.15) is 5.60 Å². The van der Waals surface area contributed by atoms with Gasteiger partial charge in [0.15, 0.2) is 6.04 Å². The van der Waals surface area contributed by atoms with E-state index in [1.807, 2.05) is 0 Å². The highest BCUT2D eigenvalue weighted by Crippen LogP contribution is 2.28. The number of nitrogens with one attached hydrogen (secondary N) is 1. The Balaban J connectivity index is 2.74. The number of aliphatic hydroxyl groups excluding tert-OH is 1. The van der Waals surface area contributed by atoms with Crippen LogP contribution >= 0.6 is 0 Å². The molecule has 1 aliphatic carbocycles. The highest BCUT2D eigenvalue weighted by atomic mass is 16.6. The van der Waals surface area contributed by atoms with Crippen molar-refractivity contribution in [1.29, 1.82) is 0 Å². The van der Waals surface area contributed by atoms with E-state index in [-0.39, 0.29) is 12.5 Å². The summed E-state index contributed by atoms with van der Waals surface area (Å²) in [5.74, 6) is -0.621. The second-order valence-electron chi connectivity index (χ2n) is 6.76. The van der Waals surface area contributed by atoms with Crippen LogP contribution in [0.2, 0.25) is 0 Å². The normalized spacial score (nSPS) is 19.1. The molecular formula is C16H29NO5. The van der Waals surface area contributed by atoms with Gasteiger partial charge < -0.3 is 19.9 Å². The van der Waals surface area contributed by atoms with Gasteiger partial charge in [0.25, 0.3) is 0 Å². The van der Waals surface area contributed by atoms with Crippen molar-refractivity contribution in [1.82, 2.24) is 5.32 Å². The predicted octanol–water partition coefficient (Wildman–Crippen LogP) is 2.38. The molecule has 6 heteroatoms.